The number of amides is 1. The fraction of sp³-hybridized carbons (Fsp3) is 0.312. The van der Waals surface area contributed by atoms with Gasteiger partial charge in [-0.1, -0.05) is 29.8 Å². The maximum absolute atomic E-state index is 12.1. The fourth-order valence-corrected chi connectivity index (χ4v) is 3.02. The van der Waals surface area contributed by atoms with Crippen LogP contribution < -0.4 is 0 Å². The summed E-state index contributed by atoms with van der Waals surface area (Å²) < 4.78 is 0. The monoisotopic (exact) mass is 307 g/mol. The number of carbonyl (C=O) groups excluding carboxylic acids is 1. The standard InChI is InChI=1S/C16H18ClNOS/c1-18(12-13-5-2-6-14(17)11-13)16(19)9-3-7-15-8-4-10-20-15/h2,4-6,8,10-11H,3,7,9,12H2,1H3. The Hall–Kier alpha value is -1.32. The third-order valence-corrected chi connectivity index (χ3v) is 4.30. The summed E-state index contributed by atoms with van der Waals surface area (Å²) in [6, 6.07) is 11.8. The lowest BCUT2D eigenvalue weighted by atomic mass is 10.2. The number of carbonyl (C=O) groups is 1. The van der Waals surface area contributed by atoms with E-state index in [9.17, 15) is 4.79 Å². The minimum atomic E-state index is 0.182. The molecule has 1 aromatic carbocycles. The molecule has 0 N–H and O–H groups in total. The van der Waals surface area contributed by atoms with Gasteiger partial charge in [0, 0.05) is 29.9 Å². The molecule has 1 heterocycles. The summed E-state index contributed by atoms with van der Waals surface area (Å²) in [7, 11) is 1.84. The third-order valence-electron chi connectivity index (χ3n) is 3.13. The van der Waals surface area contributed by atoms with Crippen molar-refractivity contribution in [1.82, 2.24) is 4.90 Å². The first-order chi connectivity index (χ1) is 9.65. The number of thiophene rings is 1. The molecule has 0 aliphatic heterocycles. The van der Waals surface area contributed by atoms with Gasteiger partial charge in [0.25, 0.3) is 0 Å². The van der Waals surface area contributed by atoms with Crippen LogP contribution in [-0.2, 0) is 17.8 Å². The van der Waals surface area contributed by atoms with Crippen molar-refractivity contribution in [2.45, 2.75) is 25.8 Å². The first-order valence-electron chi connectivity index (χ1n) is 6.66. The second-order valence-corrected chi connectivity index (χ2v) is 6.28. The Morgan fingerprint density at radius 3 is 2.85 bits per heavy atom. The molecule has 0 bridgehead atoms. The summed E-state index contributed by atoms with van der Waals surface area (Å²) in [6.45, 7) is 0.610. The van der Waals surface area contributed by atoms with E-state index in [0.29, 0.717) is 18.0 Å². The largest absolute Gasteiger partial charge is 0.341 e. The summed E-state index contributed by atoms with van der Waals surface area (Å²) in [5, 5.41) is 2.78. The van der Waals surface area contributed by atoms with E-state index < -0.39 is 0 Å². The predicted octanol–water partition coefficient (Wildman–Crippen LogP) is 4.38. The quantitative estimate of drug-likeness (QED) is 0.775. The first kappa shape index (κ1) is 15.1. The van der Waals surface area contributed by atoms with E-state index in [4.69, 9.17) is 11.6 Å². The Balaban J connectivity index is 1.77. The Morgan fingerprint density at radius 1 is 1.30 bits per heavy atom. The molecule has 0 spiro atoms. The highest BCUT2D eigenvalue weighted by Crippen LogP contribution is 2.14. The van der Waals surface area contributed by atoms with Crippen molar-refractivity contribution in [2.24, 2.45) is 0 Å². The molecule has 0 atom stereocenters. The van der Waals surface area contributed by atoms with Crippen molar-refractivity contribution in [3.63, 3.8) is 0 Å². The van der Waals surface area contributed by atoms with Crippen LogP contribution in [0.15, 0.2) is 41.8 Å². The van der Waals surface area contributed by atoms with Crippen LogP contribution in [0.25, 0.3) is 0 Å². The van der Waals surface area contributed by atoms with E-state index in [1.807, 2.05) is 37.4 Å². The van der Waals surface area contributed by atoms with Crippen LogP contribution in [0.2, 0.25) is 5.02 Å². The lowest BCUT2D eigenvalue weighted by Crippen LogP contribution is -2.25. The van der Waals surface area contributed by atoms with E-state index in [2.05, 4.69) is 11.4 Å². The summed E-state index contributed by atoms with van der Waals surface area (Å²) in [6.07, 6.45) is 2.47. The van der Waals surface area contributed by atoms with E-state index in [-0.39, 0.29) is 5.91 Å². The highest BCUT2D eigenvalue weighted by molar-refractivity contribution is 7.09. The number of aryl methyl sites for hydroxylation is 1. The molecule has 0 fully saturated rings. The smallest absolute Gasteiger partial charge is 0.222 e. The topological polar surface area (TPSA) is 20.3 Å². The van der Waals surface area contributed by atoms with E-state index in [0.717, 1.165) is 18.4 Å². The lowest BCUT2D eigenvalue weighted by Gasteiger charge is -2.17. The van der Waals surface area contributed by atoms with Crippen molar-refractivity contribution >= 4 is 28.8 Å². The van der Waals surface area contributed by atoms with Crippen LogP contribution >= 0.6 is 22.9 Å². The molecule has 20 heavy (non-hydrogen) atoms. The average molecular weight is 308 g/mol. The molecule has 106 valence electrons. The van der Waals surface area contributed by atoms with E-state index >= 15 is 0 Å². The van der Waals surface area contributed by atoms with Crippen molar-refractivity contribution in [3.05, 3.63) is 57.2 Å². The van der Waals surface area contributed by atoms with Gasteiger partial charge in [0.15, 0.2) is 0 Å². The molecule has 2 aromatic rings. The average Bonchev–Trinajstić information content (AvgIpc) is 2.91. The molecule has 0 saturated heterocycles. The highest BCUT2D eigenvalue weighted by Gasteiger charge is 2.09. The van der Waals surface area contributed by atoms with Crippen molar-refractivity contribution in [1.29, 1.82) is 0 Å². The summed E-state index contributed by atoms with van der Waals surface area (Å²) in [5.74, 6) is 0.182. The minimum Gasteiger partial charge on any atom is -0.341 e. The van der Waals surface area contributed by atoms with Crippen LogP contribution in [0.1, 0.15) is 23.3 Å². The molecule has 1 aromatic heterocycles. The molecule has 0 radical (unpaired) electrons. The van der Waals surface area contributed by atoms with Gasteiger partial charge < -0.3 is 4.90 Å². The number of nitrogens with zero attached hydrogens (tertiary/aromatic N) is 1. The first-order valence-corrected chi connectivity index (χ1v) is 7.91. The number of benzene rings is 1. The fourth-order valence-electron chi connectivity index (χ4n) is 2.06. The van der Waals surface area contributed by atoms with Crippen molar-refractivity contribution in [2.75, 3.05) is 7.05 Å². The van der Waals surface area contributed by atoms with Crippen LogP contribution in [0.5, 0.6) is 0 Å². The molecule has 0 unspecified atom stereocenters. The van der Waals surface area contributed by atoms with Crippen LogP contribution in [0.4, 0.5) is 0 Å². The van der Waals surface area contributed by atoms with Gasteiger partial charge in [-0.05, 0) is 42.0 Å². The maximum Gasteiger partial charge on any atom is 0.222 e. The van der Waals surface area contributed by atoms with Crippen LogP contribution in [0.3, 0.4) is 0 Å². The number of halogens is 1. The number of hydrogen-bond donors (Lipinski definition) is 0. The predicted molar refractivity (Wildman–Crippen MR) is 85.2 cm³/mol. The molecule has 4 heteroatoms. The van der Waals surface area contributed by atoms with E-state index in [1.165, 1.54) is 4.88 Å². The van der Waals surface area contributed by atoms with Gasteiger partial charge in [0.1, 0.15) is 0 Å². The third kappa shape index (κ3) is 4.66. The second-order valence-electron chi connectivity index (χ2n) is 4.81. The molecule has 2 rings (SSSR count). The van der Waals surface area contributed by atoms with Crippen LogP contribution in [-0.4, -0.2) is 17.9 Å². The molecule has 0 aliphatic carbocycles. The number of rotatable bonds is 6. The lowest BCUT2D eigenvalue weighted by molar-refractivity contribution is -0.130. The Bertz CT molecular complexity index is 553. The maximum atomic E-state index is 12.1. The van der Waals surface area contributed by atoms with Crippen molar-refractivity contribution in [3.8, 4) is 0 Å². The minimum absolute atomic E-state index is 0.182. The second kappa shape index (κ2) is 7.46. The van der Waals surface area contributed by atoms with Gasteiger partial charge in [0.05, 0.1) is 0 Å². The van der Waals surface area contributed by atoms with E-state index in [1.54, 1.807) is 16.2 Å². The summed E-state index contributed by atoms with van der Waals surface area (Å²) in [5.41, 5.74) is 1.06. The Kier molecular flexibility index (Phi) is 5.62. The molecule has 2 nitrogen and oxygen atoms in total. The zero-order chi connectivity index (χ0) is 14.4. The normalized spacial score (nSPS) is 10.5. The number of hydrogen-bond acceptors (Lipinski definition) is 2. The molecular formula is C16H18ClNOS. The van der Waals surface area contributed by atoms with Crippen LogP contribution in [0, 0.1) is 0 Å². The van der Waals surface area contributed by atoms with Gasteiger partial charge in [-0.3, -0.25) is 4.79 Å². The molecule has 0 aliphatic rings. The van der Waals surface area contributed by atoms with Gasteiger partial charge in [-0.25, -0.2) is 0 Å². The van der Waals surface area contributed by atoms with Gasteiger partial charge in [0.2, 0.25) is 5.91 Å². The molecular weight excluding hydrogens is 290 g/mol. The molecule has 0 saturated carbocycles. The zero-order valence-corrected chi connectivity index (χ0v) is 13.1. The zero-order valence-electron chi connectivity index (χ0n) is 11.5. The Labute approximate surface area is 129 Å². The highest BCUT2D eigenvalue weighted by atomic mass is 35.5. The Morgan fingerprint density at radius 2 is 2.15 bits per heavy atom. The molecule has 1 amide bonds. The summed E-state index contributed by atoms with van der Waals surface area (Å²) in [4.78, 5) is 15.2. The van der Waals surface area contributed by atoms with Gasteiger partial charge in [-0.15, -0.1) is 11.3 Å². The van der Waals surface area contributed by atoms with Gasteiger partial charge >= 0.3 is 0 Å². The van der Waals surface area contributed by atoms with Gasteiger partial charge in [-0.2, -0.15) is 0 Å². The SMILES string of the molecule is CN(Cc1cccc(Cl)c1)C(=O)CCCc1cccs1. The summed E-state index contributed by atoms with van der Waals surface area (Å²) >= 11 is 7.69. The van der Waals surface area contributed by atoms with Crippen molar-refractivity contribution < 1.29 is 4.79 Å².